The minimum atomic E-state index is -0.379. The zero-order valence-electron chi connectivity index (χ0n) is 7.79. The van der Waals surface area contributed by atoms with E-state index in [2.05, 4.69) is 0 Å². The van der Waals surface area contributed by atoms with E-state index in [-0.39, 0.29) is 11.3 Å². The van der Waals surface area contributed by atoms with Crippen molar-refractivity contribution in [3.05, 3.63) is 34.9 Å². The average molecular weight is 210 g/mol. The zero-order valence-corrected chi connectivity index (χ0v) is 8.55. The highest BCUT2D eigenvalue weighted by Crippen LogP contribution is 2.30. The zero-order chi connectivity index (χ0) is 10.1. The van der Waals surface area contributed by atoms with Crippen LogP contribution in [-0.4, -0.2) is 5.24 Å². The predicted octanol–water partition coefficient (Wildman–Crippen LogP) is 2.40. The maximum absolute atomic E-state index is 11.1. The topological polar surface area (TPSA) is 43.1 Å². The first-order chi connectivity index (χ1) is 6.70. The summed E-state index contributed by atoms with van der Waals surface area (Å²) in [6.07, 6.45) is 2.94. The Balaban J connectivity index is 2.55. The van der Waals surface area contributed by atoms with Crippen molar-refractivity contribution in [1.82, 2.24) is 0 Å². The average Bonchev–Trinajstić information content (AvgIpc) is 2.17. The highest BCUT2D eigenvalue weighted by Gasteiger charge is 2.20. The van der Waals surface area contributed by atoms with E-state index in [9.17, 15) is 4.79 Å². The number of halogens is 1. The quantitative estimate of drug-likeness (QED) is 0.722. The maximum atomic E-state index is 11.1. The minimum absolute atomic E-state index is 0.0646. The van der Waals surface area contributed by atoms with Gasteiger partial charge in [-0.15, -0.1) is 0 Å². The summed E-state index contributed by atoms with van der Waals surface area (Å²) < 4.78 is 0. The first-order valence-corrected chi connectivity index (χ1v) is 5.15. The van der Waals surface area contributed by atoms with Gasteiger partial charge in [0.05, 0.1) is 0 Å². The molecule has 0 bridgehead atoms. The molecule has 0 fully saturated rings. The highest BCUT2D eigenvalue weighted by atomic mass is 35.5. The van der Waals surface area contributed by atoms with Crippen LogP contribution in [0.2, 0.25) is 0 Å². The number of rotatable bonds is 1. The molecule has 0 radical (unpaired) electrons. The molecular weight excluding hydrogens is 198 g/mol. The number of hydrogen-bond donors (Lipinski definition) is 1. The van der Waals surface area contributed by atoms with E-state index in [4.69, 9.17) is 17.3 Å². The third-order valence-corrected chi connectivity index (χ3v) is 2.97. The molecule has 2 nitrogen and oxygen atoms in total. The largest absolute Gasteiger partial charge is 0.324 e. The smallest absolute Gasteiger partial charge is 0.252 e. The molecule has 1 aliphatic carbocycles. The molecule has 0 spiro atoms. The number of carbonyl (C=O) groups excluding carboxylic acids is 1. The van der Waals surface area contributed by atoms with Crippen LogP contribution >= 0.6 is 11.6 Å². The van der Waals surface area contributed by atoms with Crippen molar-refractivity contribution in [1.29, 1.82) is 0 Å². The van der Waals surface area contributed by atoms with E-state index in [0.717, 1.165) is 30.4 Å². The Morgan fingerprint density at radius 2 is 2.29 bits per heavy atom. The van der Waals surface area contributed by atoms with Crippen LogP contribution in [0.3, 0.4) is 0 Å². The number of hydrogen-bond acceptors (Lipinski definition) is 2. The molecular formula is C11H12ClNO. The Kier molecular flexibility index (Phi) is 2.57. The Bertz CT molecular complexity index is 376. The Morgan fingerprint density at radius 3 is 3.00 bits per heavy atom. The van der Waals surface area contributed by atoms with Crippen molar-refractivity contribution in [2.24, 2.45) is 5.73 Å². The fraction of sp³-hybridized carbons (Fsp3) is 0.364. The van der Waals surface area contributed by atoms with Gasteiger partial charge in [-0.25, -0.2) is 0 Å². The van der Waals surface area contributed by atoms with E-state index < -0.39 is 0 Å². The lowest BCUT2D eigenvalue weighted by Gasteiger charge is -2.23. The molecule has 1 aliphatic rings. The monoisotopic (exact) mass is 209 g/mol. The van der Waals surface area contributed by atoms with Gasteiger partial charge in [0.2, 0.25) is 0 Å². The van der Waals surface area contributed by atoms with Crippen LogP contribution < -0.4 is 5.73 Å². The van der Waals surface area contributed by atoms with Gasteiger partial charge >= 0.3 is 0 Å². The van der Waals surface area contributed by atoms with E-state index in [1.807, 2.05) is 12.1 Å². The minimum Gasteiger partial charge on any atom is -0.324 e. The summed E-state index contributed by atoms with van der Waals surface area (Å²) in [4.78, 5) is 11.1. The molecule has 14 heavy (non-hydrogen) atoms. The van der Waals surface area contributed by atoms with Crippen LogP contribution in [0.4, 0.5) is 0 Å². The van der Waals surface area contributed by atoms with Crippen LogP contribution in [0.15, 0.2) is 18.2 Å². The normalized spacial score (nSPS) is 20.3. The molecule has 0 aliphatic heterocycles. The van der Waals surface area contributed by atoms with Gasteiger partial charge in [0, 0.05) is 11.6 Å². The molecule has 0 saturated carbocycles. The molecule has 1 aromatic carbocycles. The van der Waals surface area contributed by atoms with Crippen molar-refractivity contribution in [3.63, 3.8) is 0 Å². The fourth-order valence-electron chi connectivity index (χ4n) is 2.07. The number of fused-ring (bicyclic) bond motifs is 1. The molecule has 2 rings (SSSR count). The number of carbonyl (C=O) groups is 1. The first-order valence-electron chi connectivity index (χ1n) is 4.77. The van der Waals surface area contributed by atoms with Gasteiger partial charge in [-0.3, -0.25) is 4.79 Å². The van der Waals surface area contributed by atoms with Gasteiger partial charge in [0.15, 0.2) is 0 Å². The molecule has 3 heteroatoms. The van der Waals surface area contributed by atoms with Crippen LogP contribution in [-0.2, 0) is 6.42 Å². The summed E-state index contributed by atoms with van der Waals surface area (Å²) >= 11 is 5.51. The van der Waals surface area contributed by atoms with Gasteiger partial charge in [-0.05, 0) is 48.1 Å². The lowest BCUT2D eigenvalue weighted by Crippen LogP contribution is -2.19. The third-order valence-electron chi connectivity index (χ3n) is 2.77. The standard InChI is InChI=1S/C11H12ClNO/c12-11(14)9-5-1-4-8-7(9)3-2-6-10(8)13/h1,4-5,10H,2-3,6,13H2. The summed E-state index contributed by atoms with van der Waals surface area (Å²) in [5.74, 6) is 0. The molecule has 1 aromatic rings. The summed E-state index contributed by atoms with van der Waals surface area (Å²) in [6.45, 7) is 0. The molecule has 74 valence electrons. The molecule has 1 atom stereocenters. The summed E-state index contributed by atoms with van der Waals surface area (Å²) in [5, 5.41) is -0.379. The van der Waals surface area contributed by atoms with Gasteiger partial charge < -0.3 is 5.73 Å². The predicted molar refractivity (Wildman–Crippen MR) is 56.5 cm³/mol. The van der Waals surface area contributed by atoms with E-state index in [1.165, 1.54) is 0 Å². The Hall–Kier alpha value is -0.860. The Labute approximate surface area is 88.1 Å². The molecule has 2 N–H and O–H groups in total. The van der Waals surface area contributed by atoms with E-state index >= 15 is 0 Å². The molecule has 1 unspecified atom stereocenters. The SMILES string of the molecule is NC1CCCc2c(C(=O)Cl)cccc21. The van der Waals surface area contributed by atoms with Gasteiger partial charge in [0.1, 0.15) is 0 Å². The van der Waals surface area contributed by atoms with Crippen molar-refractivity contribution >= 4 is 16.8 Å². The molecule has 0 aromatic heterocycles. The van der Waals surface area contributed by atoms with Gasteiger partial charge in [-0.1, -0.05) is 12.1 Å². The third kappa shape index (κ3) is 1.56. The summed E-state index contributed by atoms with van der Waals surface area (Å²) in [5.41, 5.74) is 8.72. The van der Waals surface area contributed by atoms with Crippen molar-refractivity contribution in [2.75, 3.05) is 0 Å². The molecule has 0 heterocycles. The van der Waals surface area contributed by atoms with Crippen LogP contribution in [0.5, 0.6) is 0 Å². The first kappa shape index (κ1) is 9.69. The lowest BCUT2D eigenvalue weighted by atomic mass is 9.85. The second-order valence-electron chi connectivity index (χ2n) is 3.65. The lowest BCUT2D eigenvalue weighted by molar-refractivity contribution is 0.108. The van der Waals surface area contributed by atoms with Crippen LogP contribution in [0.1, 0.15) is 40.4 Å². The van der Waals surface area contributed by atoms with Crippen molar-refractivity contribution in [3.8, 4) is 0 Å². The maximum Gasteiger partial charge on any atom is 0.252 e. The Morgan fingerprint density at radius 1 is 1.50 bits per heavy atom. The number of benzene rings is 1. The molecule has 0 amide bonds. The van der Waals surface area contributed by atoms with Gasteiger partial charge in [0.25, 0.3) is 5.24 Å². The van der Waals surface area contributed by atoms with Crippen LogP contribution in [0.25, 0.3) is 0 Å². The van der Waals surface area contributed by atoms with Gasteiger partial charge in [-0.2, -0.15) is 0 Å². The second-order valence-corrected chi connectivity index (χ2v) is 3.99. The van der Waals surface area contributed by atoms with E-state index in [1.54, 1.807) is 6.07 Å². The highest BCUT2D eigenvalue weighted by molar-refractivity contribution is 6.67. The van der Waals surface area contributed by atoms with Crippen molar-refractivity contribution in [2.45, 2.75) is 25.3 Å². The van der Waals surface area contributed by atoms with E-state index in [0.29, 0.717) is 5.56 Å². The molecule has 0 saturated heterocycles. The number of nitrogens with two attached hydrogens (primary N) is 1. The summed E-state index contributed by atoms with van der Waals surface area (Å²) in [7, 11) is 0. The van der Waals surface area contributed by atoms with Crippen molar-refractivity contribution < 1.29 is 4.79 Å². The second kappa shape index (κ2) is 3.71. The fourth-order valence-corrected chi connectivity index (χ4v) is 2.25. The summed E-state index contributed by atoms with van der Waals surface area (Å²) in [6, 6.07) is 5.67. The van der Waals surface area contributed by atoms with Crippen LogP contribution in [0, 0.1) is 0 Å².